The molecule has 3 aromatic heterocycles. The van der Waals surface area contributed by atoms with Gasteiger partial charge in [0.05, 0.1) is 34.6 Å². The zero-order valence-electron chi connectivity index (χ0n) is 16.8. The van der Waals surface area contributed by atoms with Crippen LogP contribution in [-0.2, 0) is 0 Å². The van der Waals surface area contributed by atoms with Crippen LogP contribution in [0.5, 0.6) is 0 Å². The van der Waals surface area contributed by atoms with Crippen molar-refractivity contribution < 1.29 is 0 Å². The van der Waals surface area contributed by atoms with Gasteiger partial charge in [-0.15, -0.1) is 0 Å². The fourth-order valence-electron chi connectivity index (χ4n) is 5.25. The van der Waals surface area contributed by atoms with Crippen molar-refractivity contribution in [2.75, 3.05) is 0 Å². The van der Waals surface area contributed by atoms with Crippen LogP contribution in [-0.4, -0.2) is 19.7 Å². The zero-order chi connectivity index (χ0) is 20.2. The normalized spacial score (nSPS) is 19.6. The summed E-state index contributed by atoms with van der Waals surface area (Å²) in [6.45, 7) is 2.02. The number of rotatable bonds is 2. The monoisotopic (exact) mass is 391 g/mol. The summed E-state index contributed by atoms with van der Waals surface area (Å²) in [5.41, 5.74) is 7.97. The SMILES string of the molecule is Cc1cccc(-c2nn3c(c2-c2ccc4nccc(C#N)c4c2)C2CCC3CC2)n1. The van der Waals surface area contributed by atoms with Gasteiger partial charge in [0.1, 0.15) is 5.69 Å². The van der Waals surface area contributed by atoms with Crippen molar-refractivity contribution in [3.8, 4) is 28.6 Å². The van der Waals surface area contributed by atoms with Crippen LogP contribution >= 0.6 is 0 Å². The smallest absolute Gasteiger partial charge is 0.119 e. The summed E-state index contributed by atoms with van der Waals surface area (Å²) in [7, 11) is 0. The van der Waals surface area contributed by atoms with E-state index in [4.69, 9.17) is 10.1 Å². The fraction of sp³-hybridized carbons (Fsp3) is 0.280. The van der Waals surface area contributed by atoms with Gasteiger partial charge in [-0.1, -0.05) is 12.1 Å². The number of pyridine rings is 2. The van der Waals surface area contributed by atoms with Crippen molar-refractivity contribution in [1.82, 2.24) is 19.7 Å². The largest absolute Gasteiger partial charge is 0.265 e. The average Bonchev–Trinajstić information content (AvgIpc) is 3.22. The number of nitriles is 1. The summed E-state index contributed by atoms with van der Waals surface area (Å²) >= 11 is 0. The van der Waals surface area contributed by atoms with Gasteiger partial charge in [0.15, 0.2) is 0 Å². The predicted molar refractivity (Wildman–Crippen MR) is 116 cm³/mol. The molecule has 0 amide bonds. The van der Waals surface area contributed by atoms with E-state index >= 15 is 0 Å². The standard InChI is InChI=1S/C25H21N5/c1-15-3-2-4-22(28-15)24-23(25-16-5-8-19(9-6-16)30(25)29-24)17-7-10-21-20(13-17)18(14-26)11-12-27-21/h2-4,7,10-13,16,19H,5-6,8-9H2,1H3. The Morgan fingerprint density at radius 2 is 1.93 bits per heavy atom. The molecule has 7 rings (SSSR count). The molecule has 0 saturated heterocycles. The first kappa shape index (κ1) is 17.3. The quantitative estimate of drug-likeness (QED) is 0.449. The first-order chi connectivity index (χ1) is 14.7. The number of nitrogens with zero attached hydrogens (tertiary/aromatic N) is 5. The molecule has 1 fully saturated rings. The molecule has 0 spiro atoms. The van der Waals surface area contributed by atoms with Gasteiger partial charge < -0.3 is 0 Å². The molecule has 4 aromatic rings. The lowest BCUT2D eigenvalue weighted by atomic mass is 9.77. The summed E-state index contributed by atoms with van der Waals surface area (Å²) in [6, 6.07) is 16.9. The number of aryl methyl sites for hydroxylation is 1. The molecular weight excluding hydrogens is 370 g/mol. The highest BCUT2D eigenvalue weighted by atomic mass is 15.3. The molecule has 0 unspecified atom stereocenters. The van der Waals surface area contributed by atoms with E-state index in [-0.39, 0.29) is 0 Å². The first-order valence-electron chi connectivity index (χ1n) is 10.6. The second-order valence-corrected chi connectivity index (χ2v) is 8.43. The Balaban J connectivity index is 1.66. The van der Waals surface area contributed by atoms with Gasteiger partial charge >= 0.3 is 0 Å². The third-order valence-electron chi connectivity index (χ3n) is 6.66. The van der Waals surface area contributed by atoms with Crippen molar-refractivity contribution in [3.05, 3.63) is 65.6 Å². The van der Waals surface area contributed by atoms with E-state index in [1.807, 2.05) is 25.1 Å². The maximum Gasteiger partial charge on any atom is 0.119 e. The second-order valence-electron chi connectivity index (χ2n) is 8.43. The topological polar surface area (TPSA) is 67.4 Å². The van der Waals surface area contributed by atoms with Crippen LogP contribution in [0.1, 0.15) is 54.6 Å². The molecule has 1 saturated carbocycles. The van der Waals surface area contributed by atoms with Crippen LogP contribution in [0, 0.1) is 18.3 Å². The zero-order valence-corrected chi connectivity index (χ0v) is 16.8. The van der Waals surface area contributed by atoms with E-state index in [0.717, 1.165) is 33.5 Å². The number of aromatic nitrogens is 4. The van der Waals surface area contributed by atoms with Crippen molar-refractivity contribution in [1.29, 1.82) is 5.26 Å². The van der Waals surface area contributed by atoms with Crippen LogP contribution in [0.3, 0.4) is 0 Å². The molecule has 30 heavy (non-hydrogen) atoms. The number of hydrogen-bond acceptors (Lipinski definition) is 4. The van der Waals surface area contributed by atoms with Gasteiger partial charge in [-0.25, -0.2) is 0 Å². The lowest BCUT2D eigenvalue weighted by Gasteiger charge is -2.37. The maximum atomic E-state index is 9.59. The van der Waals surface area contributed by atoms with Crippen LogP contribution in [0.25, 0.3) is 33.4 Å². The fourth-order valence-corrected chi connectivity index (χ4v) is 5.25. The maximum absolute atomic E-state index is 9.59. The molecule has 0 atom stereocenters. The third kappa shape index (κ3) is 2.50. The Morgan fingerprint density at radius 3 is 2.73 bits per heavy atom. The van der Waals surface area contributed by atoms with Crippen molar-refractivity contribution in [3.63, 3.8) is 0 Å². The van der Waals surface area contributed by atoms with E-state index in [1.54, 1.807) is 12.3 Å². The molecule has 3 aliphatic rings. The number of benzene rings is 1. The van der Waals surface area contributed by atoms with E-state index in [9.17, 15) is 5.26 Å². The van der Waals surface area contributed by atoms with E-state index in [2.05, 4.69) is 33.9 Å². The Bertz CT molecular complexity index is 1340. The summed E-state index contributed by atoms with van der Waals surface area (Å²) in [5.74, 6) is 0.538. The molecule has 146 valence electrons. The minimum atomic E-state index is 0.485. The Kier molecular flexibility index (Phi) is 3.76. The molecule has 0 N–H and O–H groups in total. The molecule has 1 aromatic carbocycles. The molecular formula is C25H21N5. The molecule has 5 heteroatoms. The molecule has 2 aliphatic heterocycles. The summed E-state index contributed by atoms with van der Waals surface area (Å²) in [6.07, 6.45) is 6.56. The highest BCUT2D eigenvalue weighted by molar-refractivity contribution is 5.92. The number of fused-ring (bicyclic) bond motifs is 3. The van der Waals surface area contributed by atoms with E-state index < -0.39 is 0 Å². The van der Waals surface area contributed by atoms with E-state index in [0.29, 0.717) is 17.5 Å². The molecule has 2 bridgehead atoms. The predicted octanol–water partition coefficient (Wildman–Crippen LogP) is 5.55. The van der Waals surface area contributed by atoms with Gasteiger partial charge in [-0.2, -0.15) is 10.4 Å². The Labute approximate surface area is 175 Å². The minimum absolute atomic E-state index is 0.485. The van der Waals surface area contributed by atoms with Crippen molar-refractivity contribution in [2.24, 2.45) is 0 Å². The van der Waals surface area contributed by atoms with Gasteiger partial charge in [0, 0.05) is 28.8 Å². The molecule has 5 nitrogen and oxygen atoms in total. The molecule has 1 aliphatic carbocycles. The lowest BCUT2D eigenvalue weighted by molar-refractivity contribution is 0.240. The highest BCUT2D eigenvalue weighted by Gasteiger charge is 2.38. The van der Waals surface area contributed by atoms with Crippen LogP contribution in [0.4, 0.5) is 0 Å². The minimum Gasteiger partial charge on any atom is -0.265 e. The van der Waals surface area contributed by atoms with Gasteiger partial charge in [-0.05, 0) is 68.5 Å². The highest BCUT2D eigenvalue weighted by Crippen LogP contribution is 2.50. The first-order valence-corrected chi connectivity index (χ1v) is 10.6. The van der Waals surface area contributed by atoms with Crippen LogP contribution in [0.15, 0.2) is 48.7 Å². The Morgan fingerprint density at radius 1 is 1.07 bits per heavy atom. The number of hydrogen-bond donors (Lipinski definition) is 0. The van der Waals surface area contributed by atoms with Crippen molar-refractivity contribution in [2.45, 2.75) is 44.6 Å². The van der Waals surface area contributed by atoms with Crippen molar-refractivity contribution >= 4 is 10.9 Å². The summed E-state index contributed by atoms with van der Waals surface area (Å²) in [5, 5.41) is 15.6. The third-order valence-corrected chi connectivity index (χ3v) is 6.66. The molecule has 5 heterocycles. The average molecular weight is 391 g/mol. The lowest BCUT2D eigenvalue weighted by Crippen LogP contribution is -2.28. The second kappa shape index (κ2) is 6.50. The molecule has 0 radical (unpaired) electrons. The summed E-state index contributed by atoms with van der Waals surface area (Å²) < 4.78 is 2.28. The Hall–Kier alpha value is -3.52. The van der Waals surface area contributed by atoms with Gasteiger partial charge in [0.2, 0.25) is 0 Å². The van der Waals surface area contributed by atoms with E-state index in [1.165, 1.54) is 36.9 Å². The van der Waals surface area contributed by atoms with Crippen LogP contribution in [0.2, 0.25) is 0 Å². The van der Waals surface area contributed by atoms with Gasteiger partial charge in [0.25, 0.3) is 0 Å². The summed E-state index contributed by atoms with van der Waals surface area (Å²) in [4.78, 5) is 9.24. The van der Waals surface area contributed by atoms with Gasteiger partial charge in [-0.3, -0.25) is 14.6 Å². The van der Waals surface area contributed by atoms with Crippen LogP contribution < -0.4 is 0 Å².